The number of nitrogens with zero attached hydrogens (tertiary/aromatic N) is 2. The third-order valence-electron chi connectivity index (χ3n) is 3.42. The summed E-state index contributed by atoms with van der Waals surface area (Å²) in [4.78, 5) is 9.54. The molecule has 0 unspecified atom stereocenters. The molecule has 5 heteroatoms. The van der Waals surface area contributed by atoms with E-state index in [2.05, 4.69) is 14.9 Å². The second kappa shape index (κ2) is 4.65. The lowest BCUT2D eigenvalue weighted by molar-refractivity contribution is 0.341. The van der Waals surface area contributed by atoms with Gasteiger partial charge in [0, 0.05) is 19.0 Å². The van der Waals surface area contributed by atoms with Gasteiger partial charge in [-0.05, 0) is 32.0 Å². The predicted octanol–water partition coefficient (Wildman–Crippen LogP) is 2.48. The van der Waals surface area contributed by atoms with Crippen molar-refractivity contribution in [2.75, 3.05) is 19.6 Å². The highest BCUT2D eigenvalue weighted by Crippen LogP contribution is 2.18. The second-order valence-corrected chi connectivity index (χ2v) is 4.77. The first-order chi connectivity index (χ1) is 8.72. The van der Waals surface area contributed by atoms with Crippen molar-refractivity contribution in [1.29, 1.82) is 0 Å². The smallest absolute Gasteiger partial charge is 0.153 e. The van der Waals surface area contributed by atoms with E-state index in [-0.39, 0.29) is 5.52 Å². The van der Waals surface area contributed by atoms with E-state index >= 15 is 0 Å². The fourth-order valence-corrected chi connectivity index (χ4v) is 2.48. The van der Waals surface area contributed by atoms with Gasteiger partial charge in [0.05, 0.1) is 5.52 Å². The summed E-state index contributed by atoms with van der Waals surface area (Å²) in [5.74, 6) is -0.454. The summed E-state index contributed by atoms with van der Waals surface area (Å²) in [6.07, 6.45) is 3.25. The van der Waals surface area contributed by atoms with Crippen LogP contribution < -0.4 is 0 Å². The molecule has 2 aromatic rings. The van der Waals surface area contributed by atoms with Crippen molar-refractivity contribution in [3.63, 3.8) is 0 Å². The highest BCUT2D eigenvalue weighted by Gasteiger charge is 2.13. The predicted molar refractivity (Wildman–Crippen MR) is 65.4 cm³/mol. The van der Waals surface area contributed by atoms with Crippen LogP contribution in [0.15, 0.2) is 12.1 Å². The Bertz CT molecular complexity index is 559. The van der Waals surface area contributed by atoms with E-state index in [9.17, 15) is 8.78 Å². The number of H-pyrrole nitrogens is 1. The molecule has 96 valence electrons. The Kier molecular flexibility index (Phi) is 2.99. The van der Waals surface area contributed by atoms with Crippen molar-refractivity contribution in [3.8, 4) is 0 Å². The van der Waals surface area contributed by atoms with Crippen molar-refractivity contribution >= 4 is 11.0 Å². The molecule has 1 fully saturated rings. The molecule has 0 bridgehead atoms. The molecule has 1 saturated heterocycles. The zero-order chi connectivity index (χ0) is 12.5. The van der Waals surface area contributed by atoms with Crippen LogP contribution in [0, 0.1) is 11.6 Å². The molecule has 0 spiro atoms. The molecular formula is C13H15F2N3. The number of hydrogen-bond acceptors (Lipinski definition) is 2. The van der Waals surface area contributed by atoms with E-state index in [0.717, 1.165) is 37.9 Å². The van der Waals surface area contributed by atoms with Crippen LogP contribution in [0.1, 0.15) is 18.7 Å². The van der Waals surface area contributed by atoms with Crippen LogP contribution in [0.5, 0.6) is 0 Å². The fraction of sp³-hybridized carbons (Fsp3) is 0.462. The molecule has 1 N–H and O–H groups in total. The minimum absolute atomic E-state index is 0.229. The zero-order valence-corrected chi connectivity index (χ0v) is 10.0. The second-order valence-electron chi connectivity index (χ2n) is 4.77. The number of benzene rings is 1. The molecule has 1 aliphatic rings. The van der Waals surface area contributed by atoms with Crippen LogP contribution in [-0.2, 0) is 6.42 Å². The maximum absolute atomic E-state index is 13.5. The Morgan fingerprint density at radius 2 is 2.00 bits per heavy atom. The number of aromatic nitrogens is 2. The lowest BCUT2D eigenvalue weighted by Gasteiger charge is -2.12. The average Bonchev–Trinajstić information content (AvgIpc) is 2.93. The monoisotopic (exact) mass is 251 g/mol. The molecular weight excluding hydrogens is 236 g/mol. The molecule has 1 aromatic carbocycles. The molecule has 0 aliphatic carbocycles. The molecule has 1 aromatic heterocycles. The first-order valence-corrected chi connectivity index (χ1v) is 6.28. The number of imidazole rings is 1. The molecule has 0 radical (unpaired) electrons. The van der Waals surface area contributed by atoms with Crippen molar-refractivity contribution in [1.82, 2.24) is 14.9 Å². The summed E-state index contributed by atoms with van der Waals surface area (Å²) in [7, 11) is 0. The van der Waals surface area contributed by atoms with Gasteiger partial charge in [-0.2, -0.15) is 0 Å². The quantitative estimate of drug-likeness (QED) is 0.908. The van der Waals surface area contributed by atoms with Gasteiger partial charge in [-0.3, -0.25) is 0 Å². The Morgan fingerprint density at radius 3 is 2.78 bits per heavy atom. The van der Waals surface area contributed by atoms with Crippen LogP contribution in [0.2, 0.25) is 0 Å². The van der Waals surface area contributed by atoms with E-state index in [1.54, 1.807) is 0 Å². The van der Waals surface area contributed by atoms with E-state index in [4.69, 9.17) is 0 Å². The third-order valence-corrected chi connectivity index (χ3v) is 3.42. The average molecular weight is 251 g/mol. The normalized spacial score (nSPS) is 16.8. The number of hydrogen-bond donors (Lipinski definition) is 1. The number of nitrogens with one attached hydrogen (secondary N) is 1. The van der Waals surface area contributed by atoms with Gasteiger partial charge in [0.15, 0.2) is 5.82 Å². The Morgan fingerprint density at radius 1 is 1.22 bits per heavy atom. The summed E-state index contributed by atoms with van der Waals surface area (Å²) < 4.78 is 26.5. The van der Waals surface area contributed by atoms with Gasteiger partial charge in [0.2, 0.25) is 0 Å². The van der Waals surface area contributed by atoms with Crippen LogP contribution in [0.4, 0.5) is 8.78 Å². The molecule has 1 aliphatic heterocycles. The molecule has 3 nitrogen and oxygen atoms in total. The van der Waals surface area contributed by atoms with Gasteiger partial charge in [-0.25, -0.2) is 13.8 Å². The van der Waals surface area contributed by atoms with Crippen molar-refractivity contribution < 1.29 is 8.78 Å². The first kappa shape index (κ1) is 11.6. The summed E-state index contributed by atoms with van der Waals surface area (Å²) in [5.41, 5.74) is 0.664. The number of halogens is 2. The summed E-state index contributed by atoms with van der Waals surface area (Å²) in [6.45, 7) is 3.18. The van der Waals surface area contributed by atoms with E-state index in [1.165, 1.54) is 18.9 Å². The Labute approximate surface area is 104 Å². The number of likely N-dealkylation sites (tertiary alicyclic amines) is 1. The van der Waals surface area contributed by atoms with Gasteiger partial charge >= 0.3 is 0 Å². The minimum atomic E-state index is -0.603. The van der Waals surface area contributed by atoms with Gasteiger partial charge in [0.25, 0.3) is 0 Å². The fourth-order valence-electron chi connectivity index (χ4n) is 2.48. The lowest BCUT2D eigenvalue weighted by Crippen LogP contribution is -2.22. The van der Waals surface area contributed by atoms with Crippen LogP contribution >= 0.6 is 0 Å². The number of aromatic amines is 1. The van der Waals surface area contributed by atoms with Crippen molar-refractivity contribution in [2.45, 2.75) is 19.3 Å². The maximum Gasteiger partial charge on any atom is 0.153 e. The summed E-state index contributed by atoms with van der Waals surface area (Å²) >= 11 is 0. The molecule has 0 amide bonds. The molecule has 3 rings (SSSR count). The summed E-state index contributed by atoms with van der Waals surface area (Å²) in [5, 5.41) is 0. The van der Waals surface area contributed by atoms with Crippen LogP contribution in [-0.4, -0.2) is 34.5 Å². The third kappa shape index (κ3) is 2.22. The van der Waals surface area contributed by atoms with Gasteiger partial charge in [0.1, 0.15) is 17.2 Å². The van der Waals surface area contributed by atoms with E-state index < -0.39 is 11.6 Å². The topological polar surface area (TPSA) is 31.9 Å². The summed E-state index contributed by atoms with van der Waals surface area (Å²) in [6, 6.07) is 2.15. The van der Waals surface area contributed by atoms with Crippen molar-refractivity contribution in [2.24, 2.45) is 0 Å². The maximum atomic E-state index is 13.5. The van der Waals surface area contributed by atoms with Gasteiger partial charge in [-0.1, -0.05) is 0 Å². The van der Waals surface area contributed by atoms with Gasteiger partial charge < -0.3 is 9.88 Å². The van der Waals surface area contributed by atoms with E-state index in [1.807, 2.05) is 0 Å². The SMILES string of the molecule is Fc1cc(F)c2nc(CCN3CCCC3)[nH]c2c1. The Balaban J connectivity index is 1.78. The number of rotatable bonds is 3. The van der Waals surface area contributed by atoms with Crippen LogP contribution in [0.25, 0.3) is 11.0 Å². The lowest BCUT2D eigenvalue weighted by atomic mass is 10.3. The zero-order valence-electron chi connectivity index (χ0n) is 10.0. The molecule has 0 atom stereocenters. The molecule has 2 heterocycles. The molecule has 18 heavy (non-hydrogen) atoms. The van der Waals surface area contributed by atoms with Crippen LogP contribution in [0.3, 0.4) is 0 Å². The minimum Gasteiger partial charge on any atom is -0.342 e. The standard InChI is InChI=1S/C13H15F2N3/c14-9-7-10(15)13-11(8-9)16-12(17-13)3-6-18-4-1-2-5-18/h7-8H,1-6H2,(H,16,17). The molecule has 0 saturated carbocycles. The van der Waals surface area contributed by atoms with Crippen molar-refractivity contribution in [3.05, 3.63) is 29.6 Å². The van der Waals surface area contributed by atoms with E-state index in [0.29, 0.717) is 5.52 Å². The highest BCUT2D eigenvalue weighted by molar-refractivity contribution is 5.75. The number of fused-ring (bicyclic) bond motifs is 1. The van der Waals surface area contributed by atoms with Gasteiger partial charge in [-0.15, -0.1) is 0 Å². The largest absolute Gasteiger partial charge is 0.342 e. The Hall–Kier alpha value is -1.49. The first-order valence-electron chi connectivity index (χ1n) is 6.28. The highest BCUT2D eigenvalue weighted by atomic mass is 19.1.